The van der Waals surface area contributed by atoms with Gasteiger partial charge in [-0.15, -0.1) is 0 Å². The third-order valence-electron chi connectivity index (χ3n) is 2.99. The molecule has 1 aliphatic rings. The van der Waals surface area contributed by atoms with Crippen LogP contribution in [0.1, 0.15) is 16.7 Å². The summed E-state index contributed by atoms with van der Waals surface area (Å²) in [6.45, 7) is 0.634. The molecule has 1 aromatic rings. The van der Waals surface area contributed by atoms with E-state index in [1.165, 1.54) is 0 Å². The van der Waals surface area contributed by atoms with Crippen LogP contribution in [0.25, 0.3) is 0 Å². The second kappa shape index (κ2) is 6.31. The van der Waals surface area contributed by atoms with Crippen LogP contribution in [0.2, 0.25) is 0 Å². The second-order valence-corrected chi connectivity index (χ2v) is 5.98. The summed E-state index contributed by atoms with van der Waals surface area (Å²) in [4.78, 5) is 10.3. The van der Waals surface area contributed by atoms with Crippen molar-refractivity contribution in [3.8, 4) is 0 Å². The minimum Gasteiger partial charge on any atom is -0.480 e. The Balaban J connectivity index is 2.02. The van der Waals surface area contributed by atoms with Gasteiger partial charge in [0.1, 0.15) is 6.54 Å². The summed E-state index contributed by atoms with van der Waals surface area (Å²) in [5, 5.41) is 8.45. The van der Waals surface area contributed by atoms with Crippen molar-refractivity contribution in [1.29, 1.82) is 0 Å². The Morgan fingerprint density at radius 2 is 2.15 bits per heavy atom. The van der Waals surface area contributed by atoms with Crippen molar-refractivity contribution in [1.82, 2.24) is 9.44 Å². The van der Waals surface area contributed by atoms with Crippen LogP contribution in [0.3, 0.4) is 0 Å². The molecule has 0 amide bonds. The first kappa shape index (κ1) is 14.9. The summed E-state index contributed by atoms with van der Waals surface area (Å²) in [7, 11) is -3.81. The SMILES string of the molecule is O=C(O)CNS(=O)(=O)NCc1cccc2c1CCOC2. The van der Waals surface area contributed by atoms with Crippen molar-refractivity contribution < 1.29 is 23.1 Å². The number of nitrogens with one attached hydrogen (secondary N) is 2. The second-order valence-electron chi connectivity index (χ2n) is 4.40. The minimum atomic E-state index is -3.81. The smallest absolute Gasteiger partial charge is 0.318 e. The molecule has 1 aliphatic heterocycles. The molecule has 0 bridgehead atoms. The number of fused-ring (bicyclic) bond motifs is 1. The van der Waals surface area contributed by atoms with Crippen LogP contribution in [-0.2, 0) is 39.3 Å². The van der Waals surface area contributed by atoms with Gasteiger partial charge in [-0.25, -0.2) is 0 Å². The van der Waals surface area contributed by atoms with Crippen LogP contribution >= 0.6 is 0 Å². The van der Waals surface area contributed by atoms with E-state index in [-0.39, 0.29) is 6.54 Å². The van der Waals surface area contributed by atoms with Gasteiger partial charge in [-0.05, 0) is 23.1 Å². The molecular weight excluding hydrogens is 284 g/mol. The summed E-state index contributed by atoms with van der Waals surface area (Å²) >= 11 is 0. The molecule has 0 fully saturated rings. The Bertz CT molecular complexity index is 600. The van der Waals surface area contributed by atoms with Gasteiger partial charge in [0.25, 0.3) is 10.2 Å². The van der Waals surface area contributed by atoms with E-state index in [2.05, 4.69) is 4.72 Å². The van der Waals surface area contributed by atoms with Gasteiger partial charge < -0.3 is 9.84 Å². The van der Waals surface area contributed by atoms with Gasteiger partial charge in [-0.1, -0.05) is 18.2 Å². The molecule has 110 valence electrons. The van der Waals surface area contributed by atoms with Crippen molar-refractivity contribution in [2.24, 2.45) is 0 Å². The van der Waals surface area contributed by atoms with E-state index in [1.807, 2.05) is 22.9 Å². The van der Waals surface area contributed by atoms with Crippen molar-refractivity contribution in [2.45, 2.75) is 19.6 Å². The summed E-state index contributed by atoms with van der Waals surface area (Å²) in [5.74, 6) is -1.23. The predicted octanol–water partition coefficient (Wildman–Crippen LogP) is -0.232. The fourth-order valence-electron chi connectivity index (χ4n) is 2.05. The standard InChI is InChI=1S/C12H16N2O5S/c15-12(16)7-14-20(17,18)13-6-9-2-1-3-10-8-19-5-4-11(9)10/h1-3,13-14H,4-8H2,(H,15,16). The molecule has 20 heavy (non-hydrogen) atoms. The van der Waals surface area contributed by atoms with E-state index < -0.39 is 22.7 Å². The zero-order valence-corrected chi connectivity index (χ0v) is 11.6. The van der Waals surface area contributed by atoms with E-state index in [4.69, 9.17) is 9.84 Å². The van der Waals surface area contributed by atoms with Crippen molar-refractivity contribution >= 4 is 16.2 Å². The maximum Gasteiger partial charge on any atom is 0.318 e. The Morgan fingerprint density at radius 3 is 2.90 bits per heavy atom. The maximum absolute atomic E-state index is 11.6. The monoisotopic (exact) mass is 300 g/mol. The normalized spacial score (nSPS) is 14.8. The van der Waals surface area contributed by atoms with E-state index in [1.54, 1.807) is 0 Å². The average Bonchev–Trinajstić information content (AvgIpc) is 2.43. The number of carbonyl (C=O) groups is 1. The van der Waals surface area contributed by atoms with Crippen LogP contribution < -0.4 is 9.44 Å². The first-order chi connectivity index (χ1) is 9.48. The van der Waals surface area contributed by atoms with Gasteiger partial charge in [-0.3, -0.25) is 4.79 Å². The Labute approximate surface area is 117 Å². The highest BCUT2D eigenvalue weighted by atomic mass is 32.2. The number of hydrogen-bond donors (Lipinski definition) is 3. The maximum atomic E-state index is 11.6. The third-order valence-corrected chi connectivity index (χ3v) is 4.04. The lowest BCUT2D eigenvalue weighted by Gasteiger charge is -2.20. The number of rotatable bonds is 6. The van der Waals surface area contributed by atoms with Gasteiger partial charge in [-0.2, -0.15) is 17.9 Å². The first-order valence-corrected chi connectivity index (χ1v) is 7.60. The third kappa shape index (κ3) is 4.01. The highest BCUT2D eigenvalue weighted by molar-refractivity contribution is 7.87. The number of carboxylic acids is 1. The molecule has 3 N–H and O–H groups in total. The Kier molecular flexibility index (Phi) is 4.71. The number of ether oxygens (including phenoxy) is 1. The van der Waals surface area contributed by atoms with Crippen molar-refractivity contribution in [3.63, 3.8) is 0 Å². The molecular formula is C12H16N2O5S. The van der Waals surface area contributed by atoms with Crippen LogP contribution in [0.4, 0.5) is 0 Å². The van der Waals surface area contributed by atoms with E-state index in [9.17, 15) is 13.2 Å². The van der Waals surface area contributed by atoms with Gasteiger partial charge in [0.2, 0.25) is 0 Å². The van der Waals surface area contributed by atoms with Crippen molar-refractivity contribution in [3.05, 3.63) is 34.9 Å². The largest absolute Gasteiger partial charge is 0.480 e. The molecule has 0 saturated heterocycles. The lowest BCUT2D eigenvalue weighted by molar-refractivity contribution is -0.135. The van der Waals surface area contributed by atoms with Gasteiger partial charge in [0, 0.05) is 6.54 Å². The lowest BCUT2D eigenvalue weighted by Crippen LogP contribution is -2.39. The quantitative estimate of drug-likeness (QED) is 0.673. The summed E-state index contributed by atoms with van der Waals surface area (Å²) < 4.78 is 32.8. The minimum absolute atomic E-state index is 0.123. The van der Waals surface area contributed by atoms with Crippen LogP contribution in [0, 0.1) is 0 Å². The first-order valence-electron chi connectivity index (χ1n) is 6.11. The topological polar surface area (TPSA) is 105 Å². The molecule has 1 heterocycles. The Hall–Kier alpha value is -1.48. The fraction of sp³-hybridized carbons (Fsp3) is 0.417. The lowest BCUT2D eigenvalue weighted by atomic mass is 9.97. The molecule has 1 aromatic carbocycles. The molecule has 7 nitrogen and oxygen atoms in total. The van der Waals surface area contributed by atoms with E-state index >= 15 is 0 Å². The van der Waals surface area contributed by atoms with Gasteiger partial charge >= 0.3 is 5.97 Å². The molecule has 2 rings (SSSR count). The van der Waals surface area contributed by atoms with Gasteiger partial charge in [0.15, 0.2) is 0 Å². The molecule has 0 atom stereocenters. The van der Waals surface area contributed by atoms with E-state index in [0.29, 0.717) is 13.2 Å². The van der Waals surface area contributed by atoms with E-state index in [0.717, 1.165) is 23.1 Å². The predicted molar refractivity (Wildman–Crippen MR) is 71.2 cm³/mol. The molecule has 0 spiro atoms. The number of hydrogen-bond acceptors (Lipinski definition) is 4. The van der Waals surface area contributed by atoms with Crippen LogP contribution in [-0.4, -0.2) is 32.6 Å². The van der Waals surface area contributed by atoms with Gasteiger partial charge in [0.05, 0.1) is 13.2 Å². The highest BCUT2D eigenvalue weighted by Crippen LogP contribution is 2.20. The van der Waals surface area contributed by atoms with Crippen LogP contribution in [0.5, 0.6) is 0 Å². The number of aliphatic carboxylic acids is 1. The molecule has 0 saturated carbocycles. The Morgan fingerprint density at radius 1 is 1.35 bits per heavy atom. The van der Waals surface area contributed by atoms with Crippen LogP contribution in [0.15, 0.2) is 18.2 Å². The summed E-state index contributed by atoms with van der Waals surface area (Å²) in [6.07, 6.45) is 0.746. The summed E-state index contributed by atoms with van der Waals surface area (Å²) in [6, 6.07) is 5.65. The summed E-state index contributed by atoms with van der Waals surface area (Å²) in [5.41, 5.74) is 3.04. The zero-order chi connectivity index (χ0) is 14.6. The molecule has 0 radical (unpaired) electrons. The zero-order valence-electron chi connectivity index (χ0n) is 10.8. The molecule has 0 unspecified atom stereocenters. The average molecular weight is 300 g/mol. The fourth-order valence-corrected chi connectivity index (χ4v) is 2.81. The molecule has 0 aliphatic carbocycles. The van der Waals surface area contributed by atoms with Crippen molar-refractivity contribution in [2.75, 3.05) is 13.2 Å². The molecule has 0 aromatic heterocycles. The molecule has 8 heteroatoms. The number of carboxylic acid groups (broad SMARTS) is 1. The number of benzene rings is 1. The highest BCUT2D eigenvalue weighted by Gasteiger charge is 2.15.